The number of aromatic nitrogens is 1. The molecule has 0 fully saturated rings. The van der Waals surface area contributed by atoms with Crippen LogP contribution in [0.3, 0.4) is 0 Å². The summed E-state index contributed by atoms with van der Waals surface area (Å²) in [5.41, 5.74) is 2.30. The Morgan fingerprint density at radius 3 is 3.00 bits per heavy atom. The van der Waals surface area contributed by atoms with Crippen LogP contribution in [0.1, 0.15) is 18.9 Å². The van der Waals surface area contributed by atoms with Crippen LogP contribution in [0.4, 0.5) is 0 Å². The molecule has 1 heterocycles. The molecule has 0 saturated carbocycles. The zero-order chi connectivity index (χ0) is 12.8. The third-order valence-corrected chi connectivity index (χ3v) is 3.06. The number of fused-ring (bicyclic) bond motifs is 1. The molecule has 0 aliphatic carbocycles. The third-order valence-electron chi connectivity index (χ3n) is 3.06. The van der Waals surface area contributed by atoms with Crippen LogP contribution < -0.4 is 0 Å². The summed E-state index contributed by atoms with van der Waals surface area (Å²) in [4.78, 5) is 6.59. The predicted octanol–water partition coefficient (Wildman–Crippen LogP) is 2.97. The molecule has 0 aliphatic rings. The highest BCUT2D eigenvalue weighted by atomic mass is 15.1. The molecule has 1 aromatic heterocycles. The zero-order valence-corrected chi connectivity index (χ0v) is 10.6. The molecule has 3 nitrogen and oxygen atoms in total. The summed E-state index contributed by atoms with van der Waals surface area (Å²) in [7, 11) is 0. The van der Waals surface area contributed by atoms with Gasteiger partial charge in [-0.3, -0.25) is 9.88 Å². The van der Waals surface area contributed by atoms with Crippen molar-refractivity contribution in [3.8, 4) is 6.07 Å². The van der Waals surface area contributed by atoms with Crippen molar-refractivity contribution in [3.63, 3.8) is 0 Å². The van der Waals surface area contributed by atoms with Gasteiger partial charge in [0, 0.05) is 31.1 Å². The van der Waals surface area contributed by atoms with E-state index in [4.69, 9.17) is 5.26 Å². The molecule has 0 unspecified atom stereocenters. The van der Waals surface area contributed by atoms with Gasteiger partial charge in [-0.05, 0) is 30.3 Å². The second kappa shape index (κ2) is 6.13. The van der Waals surface area contributed by atoms with Gasteiger partial charge in [0.2, 0.25) is 0 Å². The van der Waals surface area contributed by atoms with E-state index < -0.39 is 0 Å². The molecule has 0 saturated heterocycles. The molecule has 2 rings (SSSR count). The Balaban J connectivity index is 2.13. The molecule has 0 bridgehead atoms. The maximum absolute atomic E-state index is 8.63. The van der Waals surface area contributed by atoms with Crippen LogP contribution in [0.5, 0.6) is 0 Å². The Hall–Kier alpha value is -1.92. The fourth-order valence-electron chi connectivity index (χ4n) is 2.04. The number of nitriles is 1. The molecule has 18 heavy (non-hydrogen) atoms. The first kappa shape index (κ1) is 12.5. The van der Waals surface area contributed by atoms with E-state index in [9.17, 15) is 0 Å². The molecule has 3 heteroatoms. The molecule has 0 radical (unpaired) electrons. The molecular weight excluding hydrogens is 222 g/mol. The van der Waals surface area contributed by atoms with Gasteiger partial charge in [0.25, 0.3) is 0 Å². The molecule has 0 amide bonds. The summed E-state index contributed by atoms with van der Waals surface area (Å²) in [6, 6.07) is 12.6. The Morgan fingerprint density at radius 1 is 1.33 bits per heavy atom. The fourth-order valence-corrected chi connectivity index (χ4v) is 2.04. The highest BCUT2D eigenvalue weighted by Gasteiger charge is 2.04. The SMILES string of the molecule is CCN(CCC#N)Cc1ccc2ncccc2c1. The Labute approximate surface area is 108 Å². The summed E-state index contributed by atoms with van der Waals surface area (Å²) in [6.07, 6.45) is 2.40. The normalized spacial score (nSPS) is 10.7. The second-order valence-corrected chi connectivity index (χ2v) is 4.31. The fraction of sp³-hybridized carbons (Fsp3) is 0.333. The minimum Gasteiger partial charge on any atom is -0.298 e. The lowest BCUT2D eigenvalue weighted by Crippen LogP contribution is -2.23. The summed E-state index contributed by atoms with van der Waals surface area (Å²) >= 11 is 0. The predicted molar refractivity (Wildman–Crippen MR) is 72.9 cm³/mol. The van der Waals surface area contributed by atoms with E-state index in [1.807, 2.05) is 12.3 Å². The Kier molecular flexibility index (Phi) is 4.27. The van der Waals surface area contributed by atoms with Gasteiger partial charge in [-0.25, -0.2) is 0 Å². The number of hydrogen-bond acceptors (Lipinski definition) is 3. The van der Waals surface area contributed by atoms with Crippen LogP contribution in [0, 0.1) is 11.3 Å². The maximum Gasteiger partial charge on any atom is 0.0702 e. The van der Waals surface area contributed by atoms with E-state index in [0.29, 0.717) is 6.42 Å². The van der Waals surface area contributed by atoms with Gasteiger partial charge >= 0.3 is 0 Å². The van der Waals surface area contributed by atoms with E-state index in [-0.39, 0.29) is 0 Å². The topological polar surface area (TPSA) is 39.9 Å². The lowest BCUT2D eigenvalue weighted by Gasteiger charge is -2.19. The second-order valence-electron chi connectivity index (χ2n) is 4.31. The first-order valence-electron chi connectivity index (χ1n) is 6.26. The summed E-state index contributed by atoms with van der Waals surface area (Å²) in [6.45, 7) is 4.81. The number of rotatable bonds is 5. The van der Waals surface area contributed by atoms with Crippen molar-refractivity contribution in [3.05, 3.63) is 42.1 Å². The third kappa shape index (κ3) is 3.06. The maximum atomic E-state index is 8.63. The van der Waals surface area contributed by atoms with Crippen LogP contribution in [0.2, 0.25) is 0 Å². The average molecular weight is 239 g/mol. The van der Waals surface area contributed by atoms with Crippen molar-refractivity contribution >= 4 is 10.9 Å². The molecule has 2 aromatic rings. The smallest absolute Gasteiger partial charge is 0.0702 e. The summed E-state index contributed by atoms with van der Waals surface area (Å²) in [5.74, 6) is 0. The van der Waals surface area contributed by atoms with Crippen LogP contribution in [-0.2, 0) is 6.54 Å². The Bertz CT molecular complexity index is 557. The van der Waals surface area contributed by atoms with Crippen LogP contribution in [0.25, 0.3) is 10.9 Å². The molecule has 0 N–H and O–H groups in total. The molecular formula is C15H17N3. The van der Waals surface area contributed by atoms with Crippen LogP contribution in [0.15, 0.2) is 36.5 Å². The lowest BCUT2D eigenvalue weighted by atomic mass is 10.1. The van der Waals surface area contributed by atoms with Gasteiger partial charge in [-0.2, -0.15) is 5.26 Å². The van der Waals surface area contributed by atoms with Crippen molar-refractivity contribution in [2.45, 2.75) is 19.9 Å². The first-order chi connectivity index (χ1) is 8.83. The first-order valence-corrected chi connectivity index (χ1v) is 6.26. The van der Waals surface area contributed by atoms with Crippen molar-refractivity contribution in [2.75, 3.05) is 13.1 Å². The number of nitrogens with zero attached hydrogens (tertiary/aromatic N) is 3. The minimum absolute atomic E-state index is 0.586. The quantitative estimate of drug-likeness (QED) is 0.805. The van der Waals surface area contributed by atoms with Crippen LogP contribution >= 0.6 is 0 Å². The number of pyridine rings is 1. The van der Waals surface area contributed by atoms with E-state index >= 15 is 0 Å². The number of hydrogen-bond donors (Lipinski definition) is 0. The van der Waals surface area contributed by atoms with Crippen LogP contribution in [-0.4, -0.2) is 23.0 Å². The van der Waals surface area contributed by atoms with E-state index in [1.165, 1.54) is 10.9 Å². The monoisotopic (exact) mass is 239 g/mol. The highest BCUT2D eigenvalue weighted by molar-refractivity contribution is 5.78. The van der Waals surface area contributed by atoms with E-state index in [2.05, 4.69) is 47.1 Å². The minimum atomic E-state index is 0.586. The highest BCUT2D eigenvalue weighted by Crippen LogP contribution is 2.14. The van der Waals surface area contributed by atoms with Gasteiger partial charge in [0.05, 0.1) is 11.6 Å². The summed E-state index contributed by atoms with van der Waals surface area (Å²) < 4.78 is 0. The van der Waals surface area contributed by atoms with Crippen molar-refractivity contribution in [1.82, 2.24) is 9.88 Å². The molecule has 0 spiro atoms. The zero-order valence-electron chi connectivity index (χ0n) is 10.6. The van der Waals surface area contributed by atoms with E-state index in [1.54, 1.807) is 0 Å². The van der Waals surface area contributed by atoms with Gasteiger partial charge in [0.1, 0.15) is 0 Å². The van der Waals surface area contributed by atoms with E-state index in [0.717, 1.165) is 25.2 Å². The lowest BCUT2D eigenvalue weighted by molar-refractivity contribution is 0.287. The Morgan fingerprint density at radius 2 is 2.22 bits per heavy atom. The van der Waals surface area contributed by atoms with Gasteiger partial charge < -0.3 is 0 Å². The van der Waals surface area contributed by atoms with Gasteiger partial charge in [-0.1, -0.05) is 19.1 Å². The van der Waals surface area contributed by atoms with Crippen molar-refractivity contribution in [1.29, 1.82) is 5.26 Å². The largest absolute Gasteiger partial charge is 0.298 e. The average Bonchev–Trinajstić information content (AvgIpc) is 2.43. The molecule has 92 valence electrons. The van der Waals surface area contributed by atoms with Gasteiger partial charge in [0.15, 0.2) is 0 Å². The standard InChI is InChI=1S/C15H17N3/c1-2-18(10-4-8-16)12-13-6-7-15-14(11-13)5-3-9-17-15/h3,5-7,9,11H,2,4,10,12H2,1H3. The summed E-state index contributed by atoms with van der Waals surface area (Å²) in [5, 5.41) is 9.81. The van der Waals surface area contributed by atoms with Crippen molar-refractivity contribution < 1.29 is 0 Å². The molecule has 1 aromatic carbocycles. The van der Waals surface area contributed by atoms with Crippen molar-refractivity contribution in [2.24, 2.45) is 0 Å². The molecule has 0 atom stereocenters. The molecule has 0 aliphatic heterocycles. The number of benzene rings is 1. The van der Waals surface area contributed by atoms with Gasteiger partial charge in [-0.15, -0.1) is 0 Å².